The largest absolute Gasteiger partial charge is 0.479 e. The lowest BCUT2D eigenvalue weighted by atomic mass is 10.0. The molecule has 6 N–H and O–H groups in total. The van der Waals surface area contributed by atoms with E-state index in [2.05, 4.69) is 0 Å². The minimum absolute atomic E-state index is 0.654. The minimum Gasteiger partial charge on any atom is -0.479 e. The monoisotopic (exact) mass is 196 g/mol. The second kappa shape index (κ2) is 4.49. The number of hydrogen-bond donors (Lipinski definition) is 6. The second-order valence-corrected chi connectivity index (χ2v) is 2.58. The van der Waals surface area contributed by atoms with Crippen molar-refractivity contribution in [3.63, 3.8) is 0 Å². The minimum atomic E-state index is -2.81. The van der Waals surface area contributed by atoms with Crippen LogP contribution in [-0.2, 0) is 4.79 Å². The molecule has 0 rings (SSSR count). The summed E-state index contributed by atoms with van der Waals surface area (Å²) in [5.41, 5.74) is 0. The Kier molecular flexibility index (Phi) is 4.24. The predicted molar refractivity (Wildman–Crippen MR) is 38.5 cm³/mol. The van der Waals surface area contributed by atoms with Gasteiger partial charge in [0.2, 0.25) is 0 Å². The smallest absolute Gasteiger partial charge is 0.335 e. The van der Waals surface area contributed by atoms with E-state index in [4.69, 9.17) is 30.6 Å². The van der Waals surface area contributed by atoms with Gasteiger partial charge in [-0.05, 0) is 0 Å². The molecule has 0 aliphatic carbocycles. The summed E-state index contributed by atoms with van der Waals surface area (Å²) in [4.78, 5) is 10.1. The third-order valence-electron chi connectivity index (χ3n) is 1.51. The topological polar surface area (TPSA) is 138 Å². The highest BCUT2D eigenvalue weighted by atomic mass is 16.5. The first-order valence-corrected chi connectivity index (χ1v) is 3.47. The summed E-state index contributed by atoms with van der Waals surface area (Å²) in [6, 6.07) is 0. The van der Waals surface area contributed by atoms with E-state index in [1.54, 1.807) is 0 Å². The number of aliphatic hydroxyl groups is 5. The van der Waals surface area contributed by atoms with Gasteiger partial charge in [-0.15, -0.1) is 0 Å². The molecular weight excluding hydrogens is 184 g/mol. The Balaban J connectivity index is 4.38. The van der Waals surface area contributed by atoms with Gasteiger partial charge in [0.05, 0.1) is 0 Å². The Morgan fingerprint density at radius 1 is 1.31 bits per heavy atom. The van der Waals surface area contributed by atoms with Gasteiger partial charge in [-0.3, -0.25) is 0 Å². The molecule has 2 atom stereocenters. The predicted octanol–water partition coefficient (Wildman–Crippen LogP) is -3.14. The summed E-state index contributed by atoms with van der Waals surface area (Å²) in [5, 5.41) is 52.0. The van der Waals surface area contributed by atoms with E-state index in [-0.39, 0.29) is 0 Å². The highest BCUT2D eigenvalue weighted by molar-refractivity contribution is 5.72. The molecule has 0 spiro atoms. The maximum Gasteiger partial charge on any atom is 0.335 e. The van der Waals surface area contributed by atoms with Gasteiger partial charge in [0.1, 0.15) is 6.10 Å². The average molecular weight is 196 g/mol. The van der Waals surface area contributed by atoms with Crippen molar-refractivity contribution >= 4 is 5.97 Å². The number of carboxylic acid groups (broad SMARTS) is 1. The molecule has 0 amide bonds. The lowest BCUT2D eigenvalue weighted by Gasteiger charge is -2.28. The molecule has 0 heterocycles. The number of rotatable bonds is 5. The molecule has 0 aliphatic heterocycles. The number of hydrogen-bond acceptors (Lipinski definition) is 6. The fraction of sp³-hybridized carbons (Fsp3) is 0.833. The van der Waals surface area contributed by atoms with E-state index >= 15 is 0 Å². The summed E-state index contributed by atoms with van der Waals surface area (Å²) in [5.74, 6) is -4.59. The van der Waals surface area contributed by atoms with Crippen LogP contribution < -0.4 is 0 Å². The molecule has 0 fully saturated rings. The van der Waals surface area contributed by atoms with Crippen molar-refractivity contribution < 1.29 is 35.4 Å². The van der Waals surface area contributed by atoms with Crippen LogP contribution in [0.4, 0.5) is 0 Å². The van der Waals surface area contributed by atoms with Crippen molar-refractivity contribution in [3.8, 4) is 0 Å². The zero-order chi connectivity index (χ0) is 10.6. The van der Waals surface area contributed by atoms with E-state index in [9.17, 15) is 4.79 Å². The molecule has 0 saturated carbocycles. The number of carbonyl (C=O) groups is 1. The summed E-state index contributed by atoms with van der Waals surface area (Å²) in [6.07, 6.45) is -5.22. The maximum atomic E-state index is 10.1. The fourth-order valence-corrected chi connectivity index (χ4v) is 0.700. The number of aliphatic hydroxyl groups excluding tert-OH is 3. The van der Waals surface area contributed by atoms with Crippen LogP contribution in [0.2, 0.25) is 0 Å². The Morgan fingerprint density at radius 2 is 1.77 bits per heavy atom. The molecule has 0 aromatic rings. The second-order valence-electron chi connectivity index (χ2n) is 2.58. The summed E-state index contributed by atoms with van der Waals surface area (Å²) in [6.45, 7) is -0.656. The van der Waals surface area contributed by atoms with Crippen LogP contribution >= 0.6 is 0 Å². The van der Waals surface area contributed by atoms with Crippen LogP contribution in [0.5, 0.6) is 0 Å². The Bertz CT molecular complexity index is 178. The van der Waals surface area contributed by atoms with E-state index < -0.39 is 37.0 Å². The first-order chi connectivity index (χ1) is 5.83. The third-order valence-corrected chi connectivity index (χ3v) is 1.51. The van der Waals surface area contributed by atoms with Crippen molar-refractivity contribution in [3.05, 3.63) is 0 Å². The molecule has 7 nitrogen and oxygen atoms in total. The summed E-state index contributed by atoms with van der Waals surface area (Å²) < 4.78 is 0. The number of carboxylic acids is 1. The molecule has 13 heavy (non-hydrogen) atoms. The molecule has 0 aromatic carbocycles. The standard InChI is InChI=1S/C6H12O7/c7-2-1-6(12,13)4(9)3(8)5(10)11/h3-4,7-9,12-13H,1-2H2,(H,10,11). The maximum absolute atomic E-state index is 10.1. The van der Waals surface area contributed by atoms with Gasteiger partial charge in [-0.2, -0.15) is 0 Å². The van der Waals surface area contributed by atoms with Gasteiger partial charge in [0.15, 0.2) is 11.9 Å². The van der Waals surface area contributed by atoms with Gasteiger partial charge in [0.25, 0.3) is 0 Å². The molecule has 0 aliphatic rings. The normalized spacial score (nSPS) is 16.7. The SMILES string of the molecule is O=C(O)C(O)C(O)C(O)(O)CCO. The van der Waals surface area contributed by atoms with Crippen LogP contribution in [0.1, 0.15) is 6.42 Å². The highest BCUT2D eigenvalue weighted by Crippen LogP contribution is 2.14. The van der Waals surface area contributed by atoms with Gasteiger partial charge < -0.3 is 30.6 Å². The summed E-state index contributed by atoms with van der Waals surface area (Å²) >= 11 is 0. The molecule has 2 unspecified atom stereocenters. The molecular formula is C6H12O7. The Hall–Kier alpha value is -0.730. The van der Waals surface area contributed by atoms with Crippen LogP contribution in [0, 0.1) is 0 Å². The van der Waals surface area contributed by atoms with E-state index in [1.807, 2.05) is 0 Å². The van der Waals surface area contributed by atoms with Crippen LogP contribution in [0.3, 0.4) is 0 Å². The number of aliphatic carboxylic acids is 1. The van der Waals surface area contributed by atoms with Gasteiger partial charge in [-0.25, -0.2) is 4.79 Å². The van der Waals surface area contributed by atoms with Crippen molar-refractivity contribution in [2.24, 2.45) is 0 Å². The Morgan fingerprint density at radius 3 is 2.08 bits per heavy atom. The van der Waals surface area contributed by atoms with Crippen LogP contribution in [0.25, 0.3) is 0 Å². The van der Waals surface area contributed by atoms with E-state index in [1.165, 1.54) is 0 Å². The lowest BCUT2D eigenvalue weighted by molar-refractivity contribution is -0.253. The van der Waals surface area contributed by atoms with E-state index in [0.29, 0.717) is 0 Å². The fourth-order valence-electron chi connectivity index (χ4n) is 0.700. The molecule has 0 radical (unpaired) electrons. The zero-order valence-electron chi connectivity index (χ0n) is 6.66. The lowest BCUT2D eigenvalue weighted by Crippen LogP contribution is -2.52. The van der Waals surface area contributed by atoms with Crippen molar-refractivity contribution in [1.29, 1.82) is 0 Å². The molecule has 0 aromatic heterocycles. The van der Waals surface area contributed by atoms with Crippen LogP contribution in [-0.4, -0.2) is 61.2 Å². The first-order valence-electron chi connectivity index (χ1n) is 3.47. The molecule has 78 valence electrons. The van der Waals surface area contributed by atoms with Gasteiger partial charge in [-0.1, -0.05) is 0 Å². The average Bonchev–Trinajstić information content (AvgIpc) is 2.01. The quantitative estimate of drug-likeness (QED) is 0.255. The zero-order valence-corrected chi connectivity index (χ0v) is 6.66. The molecule has 7 heteroatoms. The van der Waals surface area contributed by atoms with Crippen LogP contribution in [0.15, 0.2) is 0 Å². The summed E-state index contributed by atoms with van der Waals surface area (Å²) in [7, 11) is 0. The van der Waals surface area contributed by atoms with Gasteiger partial charge >= 0.3 is 5.97 Å². The van der Waals surface area contributed by atoms with Gasteiger partial charge in [0, 0.05) is 13.0 Å². The van der Waals surface area contributed by atoms with Crippen molar-refractivity contribution in [1.82, 2.24) is 0 Å². The first kappa shape index (κ1) is 12.3. The van der Waals surface area contributed by atoms with Crippen molar-refractivity contribution in [2.75, 3.05) is 6.61 Å². The Labute approximate surface area is 73.5 Å². The van der Waals surface area contributed by atoms with E-state index in [0.717, 1.165) is 0 Å². The highest BCUT2D eigenvalue weighted by Gasteiger charge is 2.40. The van der Waals surface area contributed by atoms with Crippen molar-refractivity contribution in [2.45, 2.75) is 24.4 Å². The molecule has 0 saturated heterocycles. The third kappa shape index (κ3) is 3.25. The molecule has 0 bridgehead atoms.